The lowest BCUT2D eigenvalue weighted by molar-refractivity contribution is 0.142. The fourth-order valence-corrected chi connectivity index (χ4v) is 4.14. The summed E-state index contributed by atoms with van der Waals surface area (Å²) in [6.45, 7) is 2.83. The van der Waals surface area contributed by atoms with Gasteiger partial charge in [-0.25, -0.2) is 13.2 Å². The number of alkyl carbamates (subject to hydrolysis) is 1. The third-order valence-electron chi connectivity index (χ3n) is 3.57. The summed E-state index contributed by atoms with van der Waals surface area (Å²) in [5, 5.41) is 2.72. The van der Waals surface area contributed by atoms with Crippen molar-refractivity contribution in [1.82, 2.24) is 9.62 Å². The van der Waals surface area contributed by atoms with Gasteiger partial charge in [-0.05, 0) is 25.3 Å². The van der Waals surface area contributed by atoms with Crippen LogP contribution in [-0.4, -0.2) is 44.6 Å². The van der Waals surface area contributed by atoms with Gasteiger partial charge in [-0.15, -0.1) is 0 Å². The van der Waals surface area contributed by atoms with Gasteiger partial charge in [0.05, 0.1) is 12.4 Å². The second-order valence-electron chi connectivity index (χ2n) is 5.30. The molecule has 7 heteroatoms. The largest absolute Gasteiger partial charge is 0.450 e. The predicted octanol–water partition coefficient (Wildman–Crippen LogP) is 1.73. The molecule has 2 rings (SSSR count). The molecule has 1 N–H and O–H groups in total. The summed E-state index contributed by atoms with van der Waals surface area (Å²) in [5.41, 5.74) is 0.767. The molecule has 0 spiro atoms. The normalized spacial score (nSPS) is 19.6. The van der Waals surface area contributed by atoms with Crippen molar-refractivity contribution in [3.8, 4) is 0 Å². The van der Waals surface area contributed by atoms with Crippen molar-refractivity contribution in [3.05, 3.63) is 35.9 Å². The first-order chi connectivity index (χ1) is 10.5. The average molecular weight is 326 g/mol. The maximum atomic E-state index is 12.5. The Morgan fingerprint density at radius 1 is 1.36 bits per heavy atom. The Morgan fingerprint density at radius 3 is 2.77 bits per heavy atom. The molecule has 1 heterocycles. The van der Waals surface area contributed by atoms with E-state index in [1.54, 1.807) is 19.1 Å². The maximum Gasteiger partial charge on any atom is 0.407 e. The van der Waals surface area contributed by atoms with Gasteiger partial charge in [0.2, 0.25) is 10.0 Å². The summed E-state index contributed by atoms with van der Waals surface area (Å²) < 4.78 is 31.3. The van der Waals surface area contributed by atoms with E-state index in [1.807, 2.05) is 18.2 Å². The topological polar surface area (TPSA) is 75.7 Å². The van der Waals surface area contributed by atoms with Crippen molar-refractivity contribution in [3.63, 3.8) is 0 Å². The molecule has 0 aliphatic carbocycles. The number of rotatable bonds is 5. The average Bonchev–Trinajstić information content (AvgIpc) is 2.48. The Bertz CT molecular complexity index is 589. The second-order valence-corrected chi connectivity index (χ2v) is 7.27. The number of carbonyl (C=O) groups is 1. The minimum atomic E-state index is -3.38. The van der Waals surface area contributed by atoms with Crippen LogP contribution in [0.1, 0.15) is 25.3 Å². The van der Waals surface area contributed by atoms with Crippen LogP contribution >= 0.6 is 0 Å². The number of amides is 1. The molecule has 122 valence electrons. The quantitative estimate of drug-likeness (QED) is 0.894. The van der Waals surface area contributed by atoms with Crippen LogP contribution in [0.25, 0.3) is 0 Å². The van der Waals surface area contributed by atoms with E-state index in [-0.39, 0.29) is 11.8 Å². The van der Waals surface area contributed by atoms with E-state index in [4.69, 9.17) is 4.74 Å². The molecule has 1 aliphatic heterocycles. The van der Waals surface area contributed by atoms with Gasteiger partial charge in [0.25, 0.3) is 0 Å². The summed E-state index contributed by atoms with van der Waals surface area (Å²) in [4.78, 5) is 11.5. The number of benzene rings is 1. The zero-order valence-electron chi connectivity index (χ0n) is 12.7. The smallest absolute Gasteiger partial charge is 0.407 e. The highest BCUT2D eigenvalue weighted by molar-refractivity contribution is 7.88. The molecule has 0 saturated carbocycles. The van der Waals surface area contributed by atoms with Gasteiger partial charge >= 0.3 is 6.09 Å². The van der Waals surface area contributed by atoms with Gasteiger partial charge in [-0.1, -0.05) is 30.3 Å². The van der Waals surface area contributed by atoms with Crippen LogP contribution in [0.3, 0.4) is 0 Å². The molecular weight excluding hydrogens is 304 g/mol. The van der Waals surface area contributed by atoms with Crippen molar-refractivity contribution in [2.45, 2.75) is 31.6 Å². The van der Waals surface area contributed by atoms with Crippen LogP contribution in [0, 0.1) is 0 Å². The fraction of sp³-hybridized carbons (Fsp3) is 0.533. The lowest BCUT2D eigenvalue weighted by Gasteiger charge is -2.32. The van der Waals surface area contributed by atoms with Crippen molar-refractivity contribution < 1.29 is 17.9 Å². The van der Waals surface area contributed by atoms with Crippen LogP contribution in [0.15, 0.2) is 30.3 Å². The molecule has 1 aromatic carbocycles. The molecule has 1 amide bonds. The lowest BCUT2D eigenvalue weighted by atomic mass is 10.1. The van der Waals surface area contributed by atoms with E-state index in [1.165, 1.54) is 4.31 Å². The molecule has 0 radical (unpaired) electrons. The van der Waals surface area contributed by atoms with Crippen molar-refractivity contribution in [2.75, 3.05) is 19.7 Å². The Hall–Kier alpha value is -1.60. The molecular formula is C15H22N2O4S. The first-order valence-electron chi connectivity index (χ1n) is 7.46. The van der Waals surface area contributed by atoms with E-state index < -0.39 is 16.1 Å². The molecule has 1 atom stereocenters. The SMILES string of the molecule is CCOC(=O)N[C@H]1CCCN(S(=O)(=O)Cc2ccccc2)C1. The summed E-state index contributed by atoms with van der Waals surface area (Å²) in [7, 11) is -3.38. The maximum absolute atomic E-state index is 12.5. The van der Waals surface area contributed by atoms with Gasteiger partial charge in [0.1, 0.15) is 0 Å². The fourth-order valence-electron chi connectivity index (χ4n) is 2.53. The molecule has 0 bridgehead atoms. The van der Waals surface area contributed by atoms with E-state index >= 15 is 0 Å². The lowest BCUT2D eigenvalue weighted by Crippen LogP contribution is -2.49. The van der Waals surface area contributed by atoms with E-state index in [2.05, 4.69) is 5.32 Å². The first kappa shape index (κ1) is 16.8. The molecule has 1 saturated heterocycles. The molecule has 6 nitrogen and oxygen atoms in total. The van der Waals surface area contributed by atoms with Gasteiger partial charge in [0.15, 0.2) is 0 Å². The van der Waals surface area contributed by atoms with Crippen molar-refractivity contribution >= 4 is 16.1 Å². The predicted molar refractivity (Wildman–Crippen MR) is 83.8 cm³/mol. The van der Waals surface area contributed by atoms with Gasteiger partial charge in [-0.3, -0.25) is 0 Å². The third-order valence-corrected chi connectivity index (χ3v) is 5.38. The zero-order valence-corrected chi connectivity index (χ0v) is 13.5. The molecule has 1 aromatic rings. The minimum Gasteiger partial charge on any atom is -0.450 e. The van der Waals surface area contributed by atoms with Gasteiger partial charge < -0.3 is 10.1 Å². The Balaban J connectivity index is 1.97. The van der Waals surface area contributed by atoms with Gasteiger partial charge in [0, 0.05) is 19.1 Å². The highest BCUT2D eigenvalue weighted by Gasteiger charge is 2.29. The van der Waals surface area contributed by atoms with Crippen LogP contribution in [0.5, 0.6) is 0 Å². The number of ether oxygens (including phenoxy) is 1. The van der Waals surface area contributed by atoms with Crippen LogP contribution < -0.4 is 5.32 Å². The number of hydrogen-bond donors (Lipinski definition) is 1. The number of sulfonamides is 1. The van der Waals surface area contributed by atoms with Crippen LogP contribution in [-0.2, 0) is 20.5 Å². The second kappa shape index (κ2) is 7.60. The summed E-state index contributed by atoms with van der Waals surface area (Å²) in [6, 6.07) is 8.92. The Labute approximate surface area is 131 Å². The zero-order chi connectivity index (χ0) is 16.0. The van der Waals surface area contributed by atoms with Crippen LogP contribution in [0.4, 0.5) is 4.79 Å². The molecule has 0 aromatic heterocycles. The standard InChI is InChI=1S/C15H22N2O4S/c1-2-21-15(18)16-14-9-6-10-17(11-14)22(19,20)12-13-7-4-3-5-8-13/h3-5,7-8,14H,2,6,9-12H2,1H3,(H,16,18)/t14-/m0/s1. The van der Waals surface area contributed by atoms with Crippen LogP contribution in [0.2, 0.25) is 0 Å². The summed E-state index contributed by atoms with van der Waals surface area (Å²) >= 11 is 0. The minimum absolute atomic E-state index is 0.0139. The number of nitrogens with one attached hydrogen (secondary N) is 1. The van der Waals surface area contributed by atoms with Crippen molar-refractivity contribution in [1.29, 1.82) is 0 Å². The molecule has 1 aliphatic rings. The van der Waals surface area contributed by atoms with Gasteiger partial charge in [-0.2, -0.15) is 4.31 Å². The summed E-state index contributed by atoms with van der Waals surface area (Å²) in [6.07, 6.45) is 0.996. The van der Waals surface area contributed by atoms with Crippen molar-refractivity contribution in [2.24, 2.45) is 0 Å². The monoisotopic (exact) mass is 326 g/mol. The number of hydrogen-bond acceptors (Lipinski definition) is 4. The summed E-state index contributed by atoms with van der Waals surface area (Å²) in [5.74, 6) is -0.0139. The number of nitrogens with zero attached hydrogens (tertiary/aromatic N) is 1. The molecule has 22 heavy (non-hydrogen) atoms. The van der Waals surface area contributed by atoms with E-state index in [0.717, 1.165) is 18.4 Å². The molecule has 1 fully saturated rings. The third kappa shape index (κ3) is 4.71. The molecule has 0 unspecified atom stereocenters. The Kier molecular flexibility index (Phi) is 5.79. The first-order valence-corrected chi connectivity index (χ1v) is 9.07. The Morgan fingerprint density at radius 2 is 2.09 bits per heavy atom. The van der Waals surface area contributed by atoms with E-state index in [0.29, 0.717) is 19.7 Å². The highest BCUT2D eigenvalue weighted by atomic mass is 32.2. The van der Waals surface area contributed by atoms with E-state index in [9.17, 15) is 13.2 Å². The number of piperidine rings is 1. The highest BCUT2D eigenvalue weighted by Crippen LogP contribution is 2.17. The number of carbonyl (C=O) groups excluding carboxylic acids is 1.